The number of ether oxygens (including phenoxy) is 1. The van der Waals surface area contributed by atoms with Crippen LogP contribution < -0.4 is 10.1 Å². The zero-order chi connectivity index (χ0) is 13.0. The standard InChI is InChI=1S/C16H23NO/c1-4-9-17-14(10-12(2)3)16-11-13-7-5-6-8-15(13)18-16/h5-8,10,14,16-17H,4,9,11H2,1-3H3. The van der Waals surface area contributed by atoms with Crippen LogP contribution in [0, 0.1) is 0 Å². The maximum atomic E-state index is 6.06. The van der Waals surface area contributed by atoms with Crippen molar-refractivity contribution in [3.05, 3.63) is 41.5 Å². The highest BCUT2D eigenvalue weighted by atomic mass is 16.5. The fourth-order valence-electron chi connectivity index (χ4n) is 2.38. The molecule has 2 rings (SSSR count). The third-order valence-electron chi connectivity index (χ3n) is 3.22. The summed E-state index contributed by atoms with van der Waals surface area (Å²) >= 11 is 0. The van der Waals surface area contributed by atoms with Crippen molar-refractivity contribution < 1.29 is 4.74 Å². The van der Waals surface area contributed by atoms with Crippen LogP contribution in [-0.2, 0) is 6.42 Å². The van der Waals surface area contributed by atoms with Gasteiger partial charge in [0, 0.05) is 6.42 Å². The van der Waals surface area contributed by atoms with Crippen LogP contribution in [0.25, 0.3) is 0 Å². The lowest BCUT2D eigenvalue weighted by atomic mass is 10.0. The highest BCUT2D eigenvalue weighted by Crippen LogP contribution is 2.29. The molecule has 2 atom stereocenters. The Kier molecular flexibility index (Phi) is 4.43. The van der Waals surface area contributed by atoms with Gasteiger partial charge in [-0.1, -0.05) is 36.8 Å². The van der Waals surface area contributed by atoms with E-state index in [4.69, 9.17) is 4.74 Å². The maximum Gasteiger partial charge on any atom is 0.123 e. The molecule has 1 N–H and O–H groups in total. The summed E-state index contributed by atoms with van der Waals surface area (Å²) in [5.41, 5.74) is 2.66. The number of para-hydroxylation sites is 1. The largest absolute Gasteiger partial charge is 0.488 e. The Labute approximate surface area is 110 Å². The van der Waals surface area contributed by atoms with Gasteiger partial charge in [0.15, 0.2) is 0 Å². The summed E-state index contributed by atoms with van der Waals surface area (Å²) in [7, 11) is 0. The number of nitrogens with one attached hydrogen (secondary N) is 1. The molecule has 2 heteroatoms. The van der Waals surface area contributed by atoms with E-state index in [1.807, 2.05) is 6.07 Å². The number of hydrogen-bond donors (Lipinski definition) is 1. The van der Waals surface area contributed by atoms with Gasteiger partial charge >= 0.3 is 0 Å². The topological polar surface area (TPSA) is 21.3 Å². The number of benzene rings is 1. The Morgan fingerprint density at radius 1 is 1.44 bits per heavy atom. The normalized spacial score (nSPS) is 18.9. The third-order valence-corrected chi connectivity index (χ3v) is 3.22. The summed E-state index contributed by atoms with van der Waals surface area (Å²) in [4.78, 5) is 0. The van der Waals surface area contributed by atoms with E-state index in [2.05, 4.69) is 50.4 Å². The summed E-state index contributed by atoms with van der Waals surface area (Å²) in [6, 6.07) is 8.65. The zero-order valence-electron chi connectivity index (χ0n) is 11.6. The minimum Gasteiger partial charge on any atom is -0.488 e. The first-order valence-electron chi connectivity index (χ1n) is 6.83. The molecular weight excluding hydrogens is 222 g/mol. The number of fused-ring (bicyclic) bond motifs is 1. The van der Waals surface area contributed by atoms with Gasteiger partial charge in [-0.25, -0.2) is 0 Å². The van der Waals surface area contributed by atoms with Crippen LogP contribution in [0.3, 0.4) is 0 Å². The predicted molar refractivity (Wildman–Crippen MR) is 76.1 cm³/mol. The molecule has 2 unspecified atom stereocenters. The second-order valence-corrected chi connectivity index (χ2v) is 5.19. The Balaban J connectivity index is 2.07. The molecule has 2 nitrogen and oxygen atoms in total. The SMILES string of the molecule is CCCNC(C=C(C)C)C1Cc2ccccc2O1. The van der Waals surface area contributed by atoms with Gasteiger partial charge in [0.25, 0.3) is 0 Å². The second kappa shape index (κ2) is 6.05. The van der Waals surface area contributed by atoms with Crippen LogP contribution in [0.15, 0.2) is 35.9 Å². The van der Waals surface area contributed by atoms with Crippen LogP contribution in [0.1, 0.15) is 32.8 Å². The molecule has 1 aliphatic rings. The molecular formula is C16H23NO. The molecule has 0 amide bonds. The van der Waals surface area contributed by atoms with E-state index in [0.29, 0.717) is 6.04 Å². The van der Waals surface area contributed by atoms with Gasteiger partial charge in [0.2, 0.25) is 0 Å². The predicted octanol–water partition coefficient (Wildman–Crippen LogP) is 3.32. The molecule has 1 aromatic rings. The summed E-state index contributed by atoms with van der Waals surface area (Å²) in [6.45, 7) is 7.51. The van der Waals surface area contributed by atoms with E-state index in [0.717, 1.165) is 25.1 Å². The molecule has 18 heavy (non-hydrogen) atoms. The number of allylic oxidation sites excluding steroid dienone is 1. The van der Waals surface area contributed by atoms with E-state index in [1.54, 1.807) is 0 Å². The Morgan fingerprint density at radius 3 is 2.89 bits per heavy atom. The minimum atomic E-state index is 0.226. The van der Waals surface area contributed by atoms with Crippen LogP contribution >= 0.6 is 0 Å². The van der Waals surface area contributed by atoms with Crippen LogP contribution in [0.4, 0.5) is 0 Å². The van der Waals surface area contributed by atoms with E-state index in [-0.39, 0.29) is 6.10 Å². The van der Waals surface area contributed by atoms with Crippen LogP contribution in [0.2, 0.25) is 0 Å². The molecule has 0 bridgehead atoms. The Hall–Kier alpha value is -1.28. The minimum absolute atomic E-state index is 0.226. The summed E-state index contributed by atoms with van der Waals surface area (Å²) in [6.07, 6.45) is 4.66. The van der Waals surface area contributed by atoms with E-state index >= 15 is 0 Å². The first-order chi connectivity index (χ1) is 8.70. The molecule has 0 radical (unpaired) electrons. The van der Waals surface area contributed by atoms with Gasteiger partial charge in [-0.3, -0.25) is 0 Å². The molecule has 1 heterocycles. The highest BCUT2D eigenvalue weighted by Gasteiger charge is 2.28. The lowest BCUT2D eigenvalue weighted by molar-refractivity contribution is 0.198. The first kappa shape index (κ1) is 13.2. The second-order valence-electron chi connectivity index (χ2n) is 5.19. The molecule has 0 spiro atoms. The molecule has 98 valence electrons. The van der Waals surface area contributed by atoms with Gasteiger partial charge < -0.3 is 10.1 Å². The van der Waals surface area contributed by atoms with Crippen molar-refractivity contribution in [3.63, 3.8) is 0 Å². The van der Waals surface area contributed by atoms with Crippen molar-refractivity contribution in [3.8, 4) is 5.75 Å². The average Bonchev–Trinajstić information content (AvgIpc) is 2.77. The van der Waals surface area contributed by atoms with E-state index in [1.165, 1.54) is 11.1 Å². The van der Waals surface area contributed by atoms with Crippen molar-refractivity contribution >= 4 is 0 Å². The summed E-state index contributed by atoms with van der Waals surface area (Å²) in [5, 5.41) is 3.58. The van der Waals surface area contributed by atoms with E-state index in [9.17, 15) is 0 Å². The smallest absolute Gasteiger partial charge is 0.123 e. The number of rotatable bonds is 5. The van der Waals surface area contributed by atoms with E-state index < -0.39 is 0 Å². The zero-order valence-corrected chi connectivity index (χ0v) is 11.6. The molecule has 0 saturated heterocycles. The van der Waals surface area contributed by atoms with Gasteiger partial charge in [0.05, 0.1) is 6.04 Å². The molecule has 0 saturated carbocycles. The third kappa shape index (κ3) is 3.14. The average molecular weight is 245 g/mol. The fraction of sp³-hybridized carbons (Fsp3) is 0.500. The quantitative estimate of drug-likeness (QED) is 0.803. The molecule has 0 aromatic heterocycles. The Morgan fingerprint density at radius 2 is 2.22 bits per heavy atom. The van der Waals surface area contributed by atoms with Crippen LogP contribution in [-0.4, -0.2) is 18.7 Å². The maximum absolute atomic E-state index is 6.06. The van der Waals surface area contributed by atoms with Gasteiger partial charge in [-0.2, -0.15) is 0 Å². The monoisotopic (exact) mass is 245 g/mol. The lowest BCUT2D eigenvalue weighted by Gasteiger charge is -2.22. The molecule has 1 aromatic carbocycles. The van der Waals surface area contributed by atoms with Crippen molar-refractivity contribution in [1.29, 1.82) is 0 Å². The number of hydrogen-bond acceptors (Lipinski definition) is 2. The highest BCUT2D eigenvalue weighted by molar-refractivity contribution is 5.38. The first-order valence-corrected chi connectivity index (χ1v) is 6.83. The summed E-state index contributed by atoms with van der Waals surface area (Å²) in [5.74, 6) is 1.05. The molecule has 0 fully saturated rings. The molecule has 1 aliphatic heterocycles. The van der Waals surface area contributed by atoms with Gasteiger partial charge in [-0.15, -0.1) is 0 Å². The van der Waals surface area contributed by atoms with Crippen molar-refractivity contribution in [2.45, 2.75) is 45.8 Å². The summed E-state index contributed by atoms with van der Waals surface area (Å²) < 4.78 is 6.06. The Bertz CT molecular complexity index is 396. The van der Waals surface area contributed by atoms with Gasteiger partial charge in [-0.05, 0) is 38.4 Å². The molecule has 0 aliphatic carbocycles. The fourth-order valence-corrected chi connectivity index (χ4v) is 2.38. The van der Waals surface area contributed by atoms with Crippen molar-refractivity contribution in [2.75, 3.05) is 6.54 Å². The lowest BCUT2D eigenvalue weighted by Crippen LogP contribution is -2.41. The van der Waals surface area contributed by atoms with Crippen molar-refractivity contribution in [2.24, 2.45) is 0 Å². The van der Waals surface area contributed by atoms with Crippen LogP contribution in [0.5, 0.6) is 5.75 Å². The van der Waals surface area contributed by atoms with Crippen molar-refractivity contribution in [1.82, 2.24) is 5.32 Å². The van der Waals surface area contributed by atoms with Gasteiger partial charge in [0.1, 0.15) is 11.9 Å².